The number of amides is 2. The highest BCUT2D eigenvalue weighted by molar-refractivity contribution is 7.17. The second-order valence-electron chi connectivity index (χ2n) is 8.29. The van der Waals surface area contributed by atoms with Gasteiger partial charge in [-0.15, -0.1) is 11.3 Å². The molecule has 2 amide bonds. The van der Waals surface area contributed by atoms with Crippen LogP contribution in [0.1, 0.15) is 34.5 Å². The molecule has 1 unspecified atom stereocenters. The van der Waals surface area contributed by atoms with Crippen molar-refractivity contribution in [2.24, 2.45) is 5.92 Å². The average molecular weight is 484 g/mol. The van der Waals surface area contributed by atoms with Crippen LogP contribution in [-0.4, -0.2) is 35.9 Å². The van der Waals surface area contributed by atoms with Crippen molar-refractivity contribution in [1.82, 2.24) is 15.5 Å². The number of rotatable bonds is 9. The van der Waals surface area contributed by atoms with Crippen molar-refractivity contribution in [2.75, 3.05) is 24.8 Å². The number of aromatic nitrogens is 2. The van der Waals surface area contributed by atoms with Gasteiger partial charge in [0.1, 0.15) is 10.8 Å². The van der Waals surface area contributed by atoms with Crippen LogP contribution in [-0.2, 0) is 35.3 Å². The van der Waals surface area contributed by atoms with Gasteiger partial charge in [0, 0.05) is 17.5 Å². The number of thiophene rings is 1. The SMILES string of the molecule is COc1cccc(CCC(=O)Nc2sc3c(c2N)CCC(COC(=O)NCc2ccn[nH]2)C3)c1. The summed E-state index contributed by atoms with van der Waals surface area (Å²) in [4.78, 5) is 25.6. The Bertz CT molecular complexity index is 1130. The lowest BCUT2D eigenvalue weighted by molar-refractivity contribution is -0.116. The molecule has 2 heterocycles. The highest BCUT2D eigenvalue weighted by Crippen LogP contribution is 2.41. The highest BCUT2D eigenvalue weighted by Gasteiger charge is 2.26. The van der Waals surface area contributed by atoms with Crippen molar-refractivity contribution in [1.29, 1.82) is 0 Å². The number of aromatic amines is 1. The molecule has 0 aliphatic heterocycles. The van der Waals surface area contributed by atoms with E-state index >= 15 is 0 Å². The summed E-state index contributed by atoms with van der Waals surface area (Å²) in [5.74, 6) is 0.934. The van der Waals surface area contributed by atoms with E-state index in [0.29, 0.717) is 36.7 Å². The number of hydrogen-bond acceptors (Lipinski definition) is 7. The molecule has 180 valence electrons. The Balaban J connectivity index is 1.25. The standard InChI is InChI=1S/C24H29N5O4S/c1-32-18-4-2-3-15(11-18)6-8-21(30)28-23-22(25)19-7-5-16(12-20(19)34-23)14-33-24(31)26-13-17-9-10-27-29-17/h2-4,9-11,16H,5-8,12-14,25H2,1H3,(H,26,31)(H,27,29)(H,28,30). The van der Waals surface area contributed by atoms with Crippen LogP contribution in [0.15, 0.2) is 36.5 Å². The third kappa shape index (κ3) is 6.07. The number of anilines is 2. The van der Waals surface area contributed by atoms with E-state index in [1.54, 1.807) is 19.4 Å². The maximum Gasteiger partial charge on any atom is 0.407 e. The van der Waals surface area contributed by atoms with Crippen LogP contribution >= 0.6 is 11.3 Å². The van der Waals surface area contributed by atoms with Crippen molar-refractivity contribution < 1.29 is 19.1 Å². The van der Waals surface area contributed by atoms with Gasteiger partial charge in [0.05, 0.1) is 31.6 Å². The molecule has 0 fully saturated rings. The van der Waals surface area contributed by atoms with Gasteiger partial charge in [0.15, 0.2) is 0 Å². The van der Waals surface area contributed by atoms with Crippen molar-refractivity contribution in [3.63, 3.8) is 0 Å². The minimum absolute atomic E-state index is 0.0676. The first-order valence-electron chi connectivity index (χ1n) is 11.2. The fourth-order valence-corrected chi connectivity index (χ4v) is 5.28. The Morgan fingerprint density at radius 1 is 1.32 bits per heavy atom. The van der Waals surface area contributed by atoms with Crippen molar-refractivity contribution in [3.05, 3.63) is 58.2 Å². The quantitative estimate of drug-likeness (QED) is 0.367. The first-order valence-corrected chi connectivity index (χ1v) is 12.0. The molecule has 2 aromatic heterocycles. The van der Waals surface area contributed by atoms with Gasteiger partial charge in [0.2, 0.25) is 5.91 Å². The molecule has 3 aromatic rings. The molecule has 0 saturated heterocycles. The Hall–Kier alpha value is -3.53. The number of hydrogen-bond donors (Lipinski definition) is 4. The number of nitrogens with two attached hydrogens (primary N) is 1. The van der Waals surface area contributed by atoms with E-state index < -0.39 is 6.09 Å². The summed E-state index contributed by atoms with van der Waals surface area (Å²) in [5, 5.41) is 13.0. The molecule has 0 saturated carbocycles. The van der Waals surface area contributed by atoms with E-state index in [-0.39, 0.29) is 11.8 Å². The van der Waals surface area contributed by atoms with Crippen LogP contribution in [0.25, 0.3) is 0 Å². The lowest BCUT2D eigenvalue weighted by Gasteiger charge is -2.22. The summed E-state index contributed by atoms with van der Waals surface area (Å²) in [7, 11) is 1.63. The zero-order valence-corrected chi connectivity index (χ0v) is 19.9. The van der Waals surface area contributed by atoms with Crippen LogP contribution in [0, 0.1) is 5.92 Å². The zero-order chi connectivity index (χ0) is 23.9. The molecular weight excluding hydrogens is 454 g/mol. The minimum Gasteiger partial charge on any atom is -0.497 e. The first-order chi connectivity index (χ1) is 16.5. The lowest BCUT2D eigenvalue weighted by Crippen LogP contribution is -2.27. The Morgan fingerprint density at radius 3 is 3.00 bits per heavy atom. The van der Waals surface area contributed by atoms with Crippen LogP contribution < -0.4 is 21.1 Å². The lowest BCUT2D eigenvalue weighted by atomic mass is 9.89. The van der Waals surface area contributed by atoms with E-state index in [4.69, 9.17) is 15.2 Å². The molecule has 5 N–H and O–H groups in total. The number of carbonyl (C=O) groups is 2. The zero-order valence-electron chi connectivity index (χ0n) is 19.1. The van der Waals surface area contributed by atoms with Crippen LogP contribution in [0.2, 0.25) is 0 Å². The molecule has 9 nitrogen and oxygen atoms in total. The molecule has 0 spiro atoms. The van der Waals surface area contributed by atoms with Crippen molar-refractivity contribution in [3.8, 4) is 5.75 Å². The Morgan fingerprint density at radius 2 is 2.21 bits per heavy atom. The largest absolute Gasteiger partial charge is 0.497 e. The normalized spacial score (nSPS) is 14.8. The number of benzene rings is 1. The molecule has 10 heteroatoms. The summed E-state index contributed by atoms with van der Waals surface area (Å²) in [6.07, 6.45) is 4.63. The second kappa shape index (κ2) is 11.1. The number of fused-ring (bicyclic) bond motifs is 1. The van der Waals surface area contributed by atoms with Crippen LogP contribution in [0.4, 0.5) is 15.5 Å². The Kier molecular flexibility index (Phi) is 7.69. The fourth-order valence-electron chi connectivity index (χ4n) is 3.98. The van der Waals surface area contributed by atoms with E-state index in [1.807, 2.05) is 24.3 Å². The van der Waals surface area contributed by atoms with Gasteiger partial charge in [-0.3, -0.25) is 9.89 Å². The summed E-state index contributed by atoms with van der Waals surface area (Å²) in [5.41, 5.74) is 9.97. The fraction of sp³-hybridized carbons (Fsp3) is 0.375. The molecule has 34 heavy (non-hydrogen) atoms. The van der Waals surface area contributed by atoms with Crippen LogP contribution in [0.5, 0.6) is 5.75 Å². The first kappa shape index (κ1) is 23.6. The van der Waals surface area contributed by atoms with Crippen molar-refractivity contribution in [2.45, 2.75) is 38.6 Å². The van der Waals surface area contributed by atoms with Gasteiger partial charge < -0.3 is 25.8 Å². The van der Waals surface area contributed by atoms with Gasteiger partial charge >= 0.3 is 6.09 Å². The summed E-state index contributed by atoms with van der Waals surface area (Å²) >= 11 is 1.52. The smallest absolute Gasteiger partial charge is 0.407 e. The van der Waals surface area contributed by atoms with Gasteiger partial charge in [-0.25, -0.2) is 4.79 Å². The van der Waals surface area contributed by atoms with E-state index in [0.717, 1.165) is 46.7 Å². The number of alkyl carbamates (subject to hydrolysis) is 1. The number of nitrogens with zero attached hydrogens (tertiary/aromatic N) is 1. The highest BCUT2D eigenvalue weighted by atomic mass is 32.1. The molecule has 0 bridgehead atoms. The number of nitrogen functional groups attached to an aromatic ring is 1. The van der Waals surface area contributed by atoms with Gasteiger partial charge in [0.25, 0.3) is 0 Å². The second-order valence-corrected chi connectivity index (χ2v) is 9.39. The molecule has 0 radical (unpaired) electrons. The predicted molar refractivity (Wildman–Crippen MR) is 131 cm³/mol. The number of carbonyl (C=O) groups excluding carboxylic acids is 2. The van der Waals surface area contributed by atoms with E-state index in [2.05, 4.69) is 20.8 Å². The van der Waals surface area contributed by atoms with Gasteiger partial charge in [-0.2, -0.15) is 5.10 Å². The third-order valence-electron chi connectivity index (χ3n) is 5.87. The molecule has 1 aliphatic carbocycles. The monoisotopic (exact) mass is 483 g/mol. The summed E-state index contributed by atoms with van der Waals surface area (Å²) < 4.78 is 10.6. The van der Waals surface area contributed by atoms with Gasteiger partial charge in [-0.1, -0.05) is 12.1 Å². The van der Waals surface area contributed by atoms with Gasteiger partial charge in [-0.05, 0) is 60.9 Å². The van der Waals surface area contributed by atoms with Crippen LogP contribution in [0.3, 0.4) is 0 Å². The maximum atomic E-state index is 12.5. The summed E-state index contributed by atoms with van der Waals surface area (Å²) in [6, 6.07) is 9.51. The maximum absolute atomic E-state index is 12.5. The van der Waals surface area contributed by atoms with Crippen molar-refractivity contribution >= 4 is 34.0 Å². The number of methoxy groups -OCH3 is 1. The minimum atomic E-state index is -0.449. The topological polar surface area (TPSA) is 131 Å². The van der Waals surface area contributed by atoms with E-state index in [9.17, 15) is 9.59 Å². The molecule has 4 rings (SSSR count). The number of ether oxygens (including phenoxy) is 2. The molecule has 1 aromatic carbocycles. The van der Waals surface area contributed by atoms with E-state index in [1.165, 1.54) is 11.3 Å². The number of aryl methyl sites for hydroxylation is 1. The number of nitrogens with one attached hydrogen (secondary N) is 3. The summed E-state index contributed by atoms with van der Waals surface area (Å²) in [6.45, 7) is 0.685. The third-order valence-corrected chi connectivity index (χ3v) is 7.05. The Labute approximate surface area is 202 Å². The average Bonchev–Trinajstić information content (AvgIpc) is 3.48. The molecule has 1 aliphatic rings. The molecule has 1 atom stereocenters. The predicted octanol–water partition coefficient (Wildman–Crippen LogP) is 3.66. The molecular formula is C24H29N5O4S. The number of H-pyrrole nitrogens is 1.